The molecule has 2 aromatic heterocycles. The number of rotatable bonds is 15. The molecule has 0 spiro atoms. The molecule has 41 heavy (non-hydrogen) atoms. The van der Waals surface area contributed by atoms with Gasteiger partial charge in [-0.3, -0.25) is 19.7 Å². The second-order valence-electron chi connectivity index (χ2n) is 10.1. The minimum atomic E-state index is -0.358. The number of amides is 1. The largest absolute Gasteiger partial charge is 0.497 e. The number of nitrogens with zero attached hydrogens (tertiary/aromatic N) is 5. The Morgan fingerprint density at radius 3 is 2.49 bits per heavy atom. The monoisotopic (exact) mass is 561 g/mol. The van der Waals surface area contributed by atoms with Crippen LogP contribution in [0.2, 0.25) is 0 Å². The molecule has 0 saturated carbocycles. The predicted molar refractivity (Wildman–Crippen MR) is 159 cm³/mol. The molecule has 4 aromatic rings. The molecule has 3 N–H and O–H groups in total. The molecule has 2 heterocycles. The standard InChI is InChI=1S/C30H39N7O4/c1-21(2)31-11-13-37(24-14-25(40-3)17-26(15-24)41-4)23-9-10-27-28(16-23)34-29(19-32-27)22-18-33-36(20-22)12-7-5-6-8-30(38)35-39/h9-10,14-21,31,39H,5-8,11-13H2,1-4H3,(H,35,38). The van der Waals surface area contributed by atoms with E-state index in [9.17, 15) is 4.79 Å². The fraction of sp³-hybridized carbons (Fsp3) is 0.400. The molecule has 0 aliphatic carbocycles. The molecule has 0 unspecified atom stereocenters. The van der Waals surface area contributed by atoms with E-state index < -0.39 is 0 Å². The molecule has 218 valence electrons. The summed E-state index contributed by atoms with van der Waals surface area (Å²) in [5, 5.41) is 16.6. The van der Waals surface area contributed by atoms with Gasteiger partial charge in [0.15, 0.2) is 0 Å². The van der Waals surface area contributed by atoms with Crippen LogP contribution in [-0.2, 0) is 11.3 Å². The van der Waals surface area contributed by atoms with Crippen LogP contribution in [-0.4, -0.2) is 64.2 Å². The lowest BCUT2D eigenvalue weighted by molar-refractivity contribution is -0.129. The zero-order chi connectivity index (χ0) is 29.2. The maximum absolute atomic E-state index is 11.1. The first-order chi connectivity index (χ1) is 19.9. The Morgan fingerprint density at radius 2 is 1.78 bits per heavy atom. The lowest BCUT2D eigenvalue weighted by Gasteiger charge is -2.27. The van der Waals surface area contributed by atoms with Gasteiger partial charge in [-0.1, -0.05) is 20.3 Å². The zero-order valence-electron chi connectivity index (χ0n) is 24.1. The lowest BCUT2D eigenvalue weighted by atomic mass is 10.2. The summed E-state index contributed by atoms with van der Waals surface area (Å²) in [5.41, 5.74) is 6.82. The minimum absolute atomic E-state index is 0.312. The number of benzene rings is 2. The first-order valence-electron chi connectivity index (χ1n) is 13.9. The third kappa shape index (κ3) is 8.15. The van der Waals surface area contributed by atoms with Crippen molar-refractivity contribution in [1.29, 1.82) is 0 Å². The highest BCUT2D eigenvalue weighted by molar-refractivity contribution is 5.82. The molecule has 0 aliphatic rings. The van der Waals surface area contributed by atoms with Crippen LogP contribution in [0.4, 0.5) is 11.4 Å². The van der Waals surface area contributed by atoms with Crippen LogP contribution >= 0.6 is 0 Å². The van der Waals surface area contributed by atoms with Crippen LogP contribution in [0.3, 0.4) is 0 Å². The number of hydroxylamine groups is 1. The molecule has 1 amide bonds. The number of hydrogen-bond acceptors (Lipinski definition) is 9. The Kier molecular flexibility index (Phi) is 10.5. The summed E-state index contributed by atoms with van der Waals surface area (Å²) in [5.74, 6) is 1.08. The van der Waals surface area contributed by atoms with Gasteiger partial charge in [0, 0.05) is 73.4 Å². The normalized spacial score (nSPS) is 11.2. The first kappa shape index (κ1) is 29.8. The van der Waals surface area contributed by atoms with E-state index in [0.717, 1.165) is 77.6 Å². The Labute approximate surface area is 240 Å². The van der Waals surface area contributed by atoms with E-state index in [0.29, 0.717) is 18.9 Å². The van der Waals surface area contributed by atoms with E-state index in [1.807, 2.05) is 35.1 Å². The number of ether oxygens (including phenoxy) is 2. The lowest BCUT2D eigenvalue weighted by Crippen LogP contribution is -2.32. The molecule has 0 radical (unpaired) electrons. The first-order valence-corrected chi connectivity index (χ1v) is 13.9. The molecule has 0 atom stereocenters. The highest BCUT2D eigenvalue weighted by Crippen LogP contribution is 2.34. The van der Waals surface area contributed by atoms with Gasteiger partial charge in [0.2, 0.25) is 5.91 Å². The van der Waals surface area contributed by atoms with Crippen molar-refractivity contribution >= 4 is 28.3 Å². The SMILES string of the molecule is COc1cc(OC)cc(N(CCNC(C)C)c2ccc3ncc(-c4cnn(CCCCCC(=O)NO)c4)nc3c2)c1. The average Bonchev–Trinajstić information content (AvgIpc) is 3.47. The highest BCUT2D eigenvalue weighted by Gasteiger charge is 2.15. The van der Waals surface area contributed by atoms with Crippen LogP contribution in [0.25, 0.3) is 22.3 Å². The van der Waals surface area contributed by atoms with Crippen molar-refractivity contribution in [2.24, 2.45) is 0 Å². The summed E-state index contributed by atoms with van der Waals surface area (Å²) in [6, 6.07) is 12.3. The van der Waals surface area contributed by atoms with Gasteiger partial charge in [-0.25, -0.2) is 10.5 Å². The number of aromatic nitrogens is 4. The van der Waals surface area contributed by atoms with Gasteiger partial charge in [-0.05, 0) is 31.0 Å². The average molecular weight is 562 g/mol. The Morgan fingerprint density at radius 1 is 1.00 bits per heavy atom. The van der Waals surface area contributed by atoms with Crippen LogP contribution in [0.1, 0.15) is 39.5 Å². The van der Waals surface area contributed by atoms with Gasteiger partial charge in [-0.2, -0.15) is 5.10 Å². The molecule has 0 bridgehead atoms. The second kappa shape index (κ2) is 14.4. The van der Waals surface area contributed by atoms with Crippen molar-refractivity contribution in [3.05, 3.63) is 55.0 Å². The Bertz CT molecular complexity index is 1420. The number of unbranched alkanes of at least 4 members (excludes halogenated alkanes) is 2. The molecular weight excluding hydrogens is 522 g/mol. The molecular formula is C30H39N7O4. The third-order valence-corrected chi connectivity index (χ3v) is 6.72. The number of hydrogen-bond donors (Lipinski definition) is 3. The second-order valence-corrected chi connectivity index (χ2v) is 10.1. The van der Waals surface area contributed by atoms with E-state index in [1.165, 1.54) is 0 Å². The molecule has 0 aliphatic heterocycles. The molecule has 11 heteroatoms. The van der Waals surface area contributed by atoms with Gasteiger partial charge in [-0.15, -0.1) is 0 Å². The number of anilines is 2. The van der Waals surface area contributed by atoms with E-state index in [-0.39, 0.29) is 5.91 Å². The van der Waals surface area contributed by atoms with E-state index >= 15 is 0 Å². The molecule has 2 aromatic carbocycles. The van der Waals surface area contributed by atoms with Crippen molar-refractivity contribution in [3.63, 3.8) is 0 Å². The van der Waals surface area contributed by atoms with Crippen molar-refractivity contribution < 1.29 is 19.5 Å². The van der Waals surface area contributed by atoms with Crippen molar-refractivity contribution in [3.8, 4) is 22.8 Å². The van der Waals surface area contributed by atoms with Crippen LogP contribution in [0, 0.1) is 0 Å². The van der Waals surface area contributed by atoms with E-state index in [1.54, 1.807) is 32.1 Å². The van der Waals surface area contributed by atoms with Gasteiger partial charge in [0.1, 0.15) is 11.5 Å². The molecule has 0 saturated heterocycles. The van der Waals surface area contributed by atoms with Crippen molar-refractivity contribution in [2.75, 3.05) is 32.2 Å². The number of aryl methyl sites for hydroxylation is 1. The maximum atomic E-state index is 11.1. The van der Waals surface area contributed by atoms with Crippen LogP contribution in [0.5, 0.6) is 11.5 Å². The van der Waals surface area contributed by atoms with Crippen LogP contribution in [0.15, 0.2) is 55.0 Å². The van der Waals surface area contributed by atoms with Crippen LogP contribution < -0.4 is 25.2 Å². The Balaban J connectivity index is 1.56. The number of nitrogens with one attached hydrogen (secondary N) is 2. The van der Waals surface area contributed by atoms with E-state index in [2.05, 4.69) is 46.3 Å². The third-order valence-electron chi connectivity index (χ3n) is 6.72. The van der Waals surface area contributed by atoms with Crippen molar-refractivity contribution in [2.45, 2.75) is 52.1 Å². The maximum Gasteiger partial charge on any atom is 0.243 e. The summed E-state index contributed by atoms with van der Waals surface area (Å²) in [6.45, 7) is 6.51. The topological polar surface area (TPSA) is 127 Å². The minimum Gasteiger partial charge on any atom is -0.497 e. The fourth-order valence-corrected chi connectivity index (χ4v) is 4.54. The summed E-state index contributed by atoms with van der Waals surface area (Å²) in [7, 11) is 3.30. The molecule has 11 nitrogen and oxygen atoms in total. The Hall–Kier alpha value is -4.22. The smallest absolute Gasteiger partial charge is 0.243 e. The summed E-state index contributed by atoms with van der Waals surface area (Å²) >= 11 is 0. The number of carbonyl (C=O) groups is 1. The van der Waals surface area contributed by atoms with Crippen molar-refractivity contribution in [1.82, 2.24) is 30.5 Å². The quantitative estimate of drug-likeness (QED) is 0.107. The molecule has 4 rings (SSSR count). The van der Waals surface area contributed by atoms with Gasteiger partial charge in [0.05, 0.1) is 43.3 Å². The van der Waals surface area contributed by atoms with E-state index in [4.69, 9.17) is 19.7 Å². The number of fused-ring (bicyclic) bond motifs is 1. The summed E-state index contributed by atoms with van der Waals surface area (Å²) in [6.07, 6.45) is 8.30. The fourth-order valence-electron chi connectivity index (χ4n) is 4.54. The molecule has 0 fully saturated rings. The predicted octanol–water partition coefficient (Wildman–Crippen LogP) is 4.71. The number of carbonyl (C=O) groups excluding carboxylic acids is 1. The highest BCUT2D eigenvalue weighted by atomic mass is 16.5. The van der Waals surface area contributed by atoms with Gasteiger partial charge >= 0.3 is 0 Å². The summed E-state index contributed by atoms with van der Waals surface area (Å²) in [4.78, 5) is 23.0. The number of methoxy groups -OCH3 is 2. The van der Waals surface area contributed by atoms with Gasteiger partial charge < -0.3 is 19.7 Å². The van der Waals surface area contributed by atoms with Gasteiger partial charge in [0.25, 0.3) is 0 Å². The zero-order valence-corrected chi connectivity index (χ0v) is 24.1. The summed E-state index contributed by atoms with van der Waals surface area (Å²) < 4.78 is 13.0.